The van der Waals surface area contributed by atoms with E-state index in [4.69, 9.17) is 9.47 Å². The Hall–Kier alpha value is -2.99. The van der Waals surface area contributed by atoms with Crippen LogP contribution >= 0.6 is 0 Å². The van der Waals surface area contributed by atoms with Crippen molar-refractivity contribution in [2.75, 3.05) is 45.3 Å². The first-order valence-electron chi connectivity index (χ1n) is 14.3. The number of ether oxygens (including phenoxy) is 2. The van der Waals surface area contributed by atoms with Crippen LogP contribution in [0.25, 0.3) is 6.08 Å². The molecule has 1 N–H and O–H groups in total. The second kappa shape index (κ2) is 15.4. The van der Waals surface area contributed by atoms with E-state index in [9.17, 15) is 4.79 Å². The van der Waals surface area contributed by atoms with Crippen LogP contribution in [-0.2, 0) is 11.2 Å². The number of hydrogen-bond donors (Lipinski definition) is 1. The molecule has 1 fully saturated rings. The lowest BCUT2D eigenvalue weighted by atomic mass is 10.0. The number of aryl methyl sites for hydroxylation is 2. The van der Waals surface area contributed by atoms with Crippen molar-refractivity contribution in [3.8, 4) is 11.5 Å². The summed E-state index contributed by atoms with van der Waals surface area (Å²) in [4.78, 5) is 15.0. The maximum atomic E-state index is 12.6. The molecular weight excluding hydrogens is 474 g/mol. The minimum Gasteiger partial charge on any atom is -0.496 e. The standard InChI is InChI=1S/C32H47N3O3/c1-6-7-8-9-10-11-12-13-29-30(37-4)23-27(24-31(29)38-5)15-17-32(36)33-35-20-18-34(19-21-35)28-16-14-25(2)26(3)22-28/h14-17,22-24H,6-13,18-21H2,1-5H3,(H,33,36). The number of carbonyl (C=O) groups excluding carboxylic acids is 1. The second-order valence-electron chi connectivity index (χ2n) is 10.3. The number of piperazine rings is 1. The molecule has 2 aromatic rings. The number of methoxy groups -OCH3 is 2. The average molecular weight is 522 g/mol. The normalized spacial score (nSPS) is 14.2. The van der Waals surface area contributed by atoms with E-state index < -0.39 is 0 Å². The minimum atomic E-state index is -0.130. The van der Waals surface area contributed by atoms with Gasteiger partial charge >= 0.3 is 0 Å². The van der Waals surface area contributed by atoms with Crippen LogP contribution in [0, 0.1) is 13.8 Å². The topological polar surface area (TPSA) is 54.0 Å². The van der Waals surface area contributed by atoms with Gasteiger partial charge in [-0.25, -0.2) is 5.01 Å². The zero-order valence-corrected chi connectivity index (χ0v) is 24.1. The largest absolute Gasteiger partial charge is 0.496 e. The number of nitrogens with zero attached hydrogens (tertiary/aromatic N) is 2. The second-order valence-corrected chi connectivity index (χ2v) is 10.3. The SMILES string of the molecule is CCCCCCCCCc1c(OC)cc(C=CC(=O)NN2CCN(c3ccc(C)c(C)c3)CC2)cc1OC. The van der Waals surface area contributed by atoms with Gasteiger partial charge in [0.15, 0.2) is 0 Å². The number of unbranched alkanes of at least 4 members (excludes halogenated alkanes) is 6. The molecular formula is C32H47N3O3. The summed E-state index contributed by atoms with van der Waals surface area (Å²) in [6, 6.07) is 10.6. The van der Waals surface area contributed by atoms with Gasteiger partial charge in [0.25, 0.3) is 5.91 Å². The van der Waals surface area contributed by atoms with Crippen molar-refractivity contribution in [3.63, 3.8) is 0 Å². The number of benzene rings is 2. The van der Waals surface area contributed by atoms with Gasteiger partial charge in [-0.15, -0.1) is 0 Å². The Bertz CT molecular complexity index is 1030. The molecule has 6 nitrogen and oxygen atoms in total. The van der Waals surface area contributed by atoms with E-state index in [0.29, 0.717) is 0 Å². The lowest BCUT2D eigenvalue weighted by Crippen LogP contribution is -2.53. The number of rotatable bonds is 14. The van der Waals surface area contributed by atoms with Crippen LogP contribution in [0.1, 0.15) is 74.1 Å². The molecule has 1 saturated heterocycles. The van der Waals surface area contributed by atoms with Gasteiger partial charge in [-0.3, -0.25) is 10.2 Å². The van der Waals surface area contributed by atoms with Crippen molar-refractivity contribution in [2.24, 2.45) is 0 Å². The molecule has 0 atom stereocenters. The predicted octanol–water partition coefficient (Wildman–Crippen LogP) is 6.48. The molecule has 1 aliphatic rings. The molecule has 0 saturated carbocycles. The number of nitrogens with one attached hydrogen (secondary N) is 1. The Labute approximate surface area is 230 Å². The van der Waals surface area contributed by atoms with Gasteiger partial charge in [0.1, 0.15) is 11.5 Å². The number of carbonyl (C=O) groups is 1. The van der Waals surface area contributed by atoms with Gasteiger partial charge in [-0.1, -0.05) is 51.5 Å². The number of amides is 1. The number of anilines is 1. The van der Waals surface area contributed by atoms with Crippen molar-refractivity contribution in [1.29, 1.82) is 0 Å². The fourth-order valence-corrected chi connectivity index (χ4v) is 4.97. The van der Waals surface area contributed by atoms with Crippen LogP contribution in [0.3, 0.4) is 0 Å². The first-order valence-corrected chi connectivity index (χ1v) is 14.3. The van der Waals surface area contributed by atoms with Gasteiger partial charge < -0.3 is 14.4 Å². The van der Waals surface area contributed by atoms with Crippen molar-refractivity contribution < 1.29 is 14.3 Å². The first kappa shape index (κ1) is 29.6. The Morgan fingerprint density at radius 2 is 1.50 bits per heavy atom. The summed E-state index contributed by atoms with van der Waals surface area (Å²) in [5.74, 6) is 1.51. The molecule has 0 aromatic heterocycles. The summed E-state index contributed by atoms with van der Waals surface area (Å²) in [7, 11) is 3.39. The Morgan fingerprint density at radius 1 is 0.868 bits per heavy atom. The van der Waals surface area contributed by atoms with E-state index in [1.54, 1.807) is 20.3 Å². The number of hydrogen-bond acceptors (Lipinski definition) is 5. The summed E-state index contributed by atoms with van der Waals surface area (Å²) in [5, 5.41) is 2.00. The minimum absolute atomic E-state index is 0.130. The van der Waals surface area contributed by atoms with E-state index >= 15 is 0 Å². The third kappa shape index (κ3) is 8.80. The molecule has 1 heterocycles. The molecule has 6 heteroatoms. The molecule has 1 aliphatic heterocycles. The molecule has 0 radical (unpaired) electrons. The molecule has 208 valence electrons. The molecule has 0 unspecified atom stereocenters. The van der Waals surface area contributed by atoms with Crippen molar-refractivity contribution in [2.45, 2.75) is 72.1 Å². The van der Waals surface area contributed by atoms with Crippen LogP contribution in [0.4, 0.5) is 5.69 Å². The van der Waals surface area contributed by atoms with Crippen molar-refractivity contribution in [3.05, 3.63) is 58.7 Å². The molecule has 0 bridgehead atoms. The molecule has 2 aromatic carbocycles. The van der Waals surface area contributed by atoms with Crippen LogP contribution in [-0.4, -0.2) is 51.3 Å². The molecule has 1 amide bonds. The van der Waals surface area contributed by atoms with Gasteiger partial charge in [-0.05, 0) is 73.7 Å². The molecule has 0 aliphatic carbocycles. The Balaban J connectivity index is 1.51. The van der Waals surface area contributed by atoms with Crippen LogP contribution in [0.5, 0.6) is 11.5 Å². The quantitative estimate of drug-likeness (QED) is 0.228. The zero-order chi connectivity index (χ0) is 27.3. The summed E-state index contributed by atoms with van der Waals surface area (Å²) in [5.41, 5.74) is 8.88. The summed E-state index contributed by atoms with van der Waals surface area (Å²) in [6.45, 7) is 9.85. The van der Waals surface area contributed by atoms with E-state index in [1.165, 1.54) is 55.3 Å². The fourth-order valence-electron chi connectivity index (χ4n) is 4.97. The molecule has 0 spiro atoms. The molecule has 3 rings (SSSR count). The highest BCUT2D eigenvalue weighted by molar-refractivity contribution is 5.91. The lowest BCUT2D eigenvalue weighted by Gasteiger charge is -2.36. The van der Waals surface area contributed by atoms with Crippen LogP contribution in [0.2, 0.25) is 0 Å². The smallest absolute Gasteiger partial charge is 0.258 e. The molecule has 38 heavy (non-hydrogen) atoms. The van der Waals surface area contributed by atoms with Gasteiger partial charge in [0, 0.05) is 43.5 Å². The average Bonchev–Trinajstić information content (AvgIpc) is 2.93. The first-order chi connectivity index (χ1) is 18.4. The third-order valence-corrected chi connectivity index (χ3v) is 7.49. The maximum absolute atomic E-state index is 12.6. The van der Waals surface area contributed by atoms with E-state index in [-0.39, 0.29) is 5.91 Å². The van der Waals surface area contributed by atoms with Gasteiger partial charge in [-0.2, -0.15) is 0 Å². The monoisotopic (exact) mass is 521 g/mol. The maximum Gasteiger partial charge on any atom is 0.258 e. The highest BCUT2D eigenvalue weighted by Gasteiger charge is 2.18. The van der Waals surface area contributed by atoms with E-state index in [0.717, 1.165) is 61.6 Å². The van der Waals surface area contributed by atoms with Crippen LogP contribution < -0.4 is 19.8 Å². The number of hydrazine groups is 1. The highest BCUT2D eigenvalue weighted by atomic mass is 16.5. The van der Waals surface area contributed by atoms with Gasteiger partial charge in [0.2, 0.25) is 0 Å². The summed E-state index contributed by atoms with van der Waals surface area (Å²) in [6.07, 6.45) is 13.2. The fraction of sp³-hybridized carbons (Fsp3) is 0.531. The van der Waals surface area contributed by atoms with E-state index in [2.05, 4.69) is 49.3 Å². The predicted molar refractivity (Wildman–Crippen MR) is 158 cm³/mol. The Morgan fingerprint density at radius 3 is 2.11 bits per heavy atom. The lowest BCUT2D eigenvalue weighted by molar-refractivity contribution is -0.121. The summed E-state index contributed by atoms with van der Waals surface area (Å²) >= 11 is 0. The van der Waals surface area contributed by atoms with Crippen molar-refractivity contribution in [1.82, 2.24) is 10.4 Å². The Kier molecular flexibility index (Phi) is 12.0. The van der Waals surface area contributed by atoms with Gasteiger partial charge in [0.05, 0.1) is 14.2 Å². The highest BCUT2D eigenvalue weighted by Crippen LogP contribution is 2.33. The van der Waals surface area contributed by atoms with Crippen molar-refractivity contribution >= 4 is 17.7 Å². The van der Waals surface area contributed by atoms with E-state index in [1.807, 2.05) is 23.2 Å². The summed E-state index contributed by atoms with van der Waals surface area (Å²) < 4.78 is 11.4. The zero-order valence-electron chi connectivity index (χ0n) is 24.1. The third-order valence-electron chi connectivity index (χ3n) is 7.49. The van der Waals surface area contributed by atoms with Crippen LogP contribution in [0.15, 0.2) is 36.4 Å².